The van der Waals surface area contributed by atoms with E-state index in [0.29, 0.717) is 0 Å². The SMILES string of the molecule is CCCNCCCCCN1CCc2ccccc2CC1. The molecule has 0 fully saturated rings. The van der Waals surface area contributed by atoms with Crippen molar-refractivity contribution in [1.29, 1.82) is 0 Å². The largest absolute Gasteiger partial charge is 0.317 e. The number of hydrogen-bond acceptors (Lipinski definition) is 2. The Kier molecular flexibility index (Phi) is 7.10. The van der Waals surface area contributed by atoms with Crippen molar-refractivity contribution >= 4 is 0 Å². The van der Waals surface area contributed by atoms with E-state index in [2.05, 4.69) is 41.4 Å². The molecule has 2 nitrogen and oxygen atoms in total. The average molecular weight is 274 g/mol. The van der Waals surface area contributed by atoms with Crippen LogP contribution in [0.2, 0.25) is 0 Å². The van der Waals surface area contributed by atoms with Gasteiger partial charge in [-0.05, 0) is 62.9 Å². The Morgan fingerprint density at radius 3 is 2.30 bits per heavy atom. The number of rotatable bonds is 8. The maximum atomic E-state index is 3.48. The molecule has 1 N–H and O–H groups in total. The molecule has 20 heavy (non-hydrogen) atoms. The smallest absolute Gasteiger partial charge is 0.00221 e. The third-order valence-electron chi connectivity index (χ3n) is 4.27. The van der Waals surface area contributed by atoms with Gasteiger partial charge in [0.2, 0.25) is 0 Å². The van der Waals surface area contributed by atoms with Crippen LogP contribution in [0.5, 0.6) is 0 Å². The standard InChI is InChI=1S/C18H30N2/c1-2-12-19-13-6-3-7-14-20-15-10-17-8-4-5-9-18(17)11-16-20/h4-5,8-9,19H,2-3,6-7,10-16H2,1H3. The van der Waals surface area contributed by atoms with E-state index in [1.165, 1.54) is 71.2 Å². The molecule has 0 bridgehead atoms. The van der Waals surface area contributed by atoms with Gasteiger partial charge >= 0.3 is 0 Å². The van der Waals surface area contributed by atoms with E-state index >= 15 is 0 Å². The second kappa shape index (κ2) is 9.15. The molecule has 0 aliphatic carbocycles. The molecule has 0 saturated carbocycles. The Morgan fingerprint density at radius 1 is 0.950 bits per heavy atom. The van der Waals surface area contributed by atoms with Gasteiger partial charge in [0, 0.05) is 13.1 Å². The third-order valence-corrected chi connectivity index (χ3v) is 4.27. The first-order valence-corrected chi connectivity index (χ1v) is 8.40. The first kappa shape index (κ1) is 15.5. The van der Waals surface area contributed by atoms with Crippen LogP contribution in [0.25, 0.3) is 0 Å². The van der Waals surface area contributed by atoms with Gasteiger partial charge in [-0.25, -0.2) is 0 Å². The van der Waals surface area contributed by atoms with Crippen molar-refractivity contribution in [3.8, 4) is 0 Å². The Labute approximate surface area is 124 Å². The second-order valence-electron chi connectivity index (χ2n) is 5.92. The summed E-state index contributed by atoms with van der Waals surface area (Å²) in [5.74, 6) is 0. The lowest BCUT2D eigenvalue weighted by molar-refractivity contribution is 0.280. The first-order chi connectivity index (χ1) is 9.90. The van der Waals surface area contributed by atoms with Crippen molar-refractivity contribution in [2.24, 2.45) is 0 Å². The number of nitrogens with one attached hydrogen (secondary N) is 1. The molecule has 1 aliphatic rings. The van der Waals surface area contributed by atoms with E-state index in [-0.39, 0.29) is 0 Å². The molecule has 0 amide bonds. The molecule has 2 heteroatoms. The van der Waals surface area contributed by atoms with Crippen LogP contribution in [0.3, 0.4) is 0 Å². The molecule has 1 aromatic carbocycles. The van der Waals surface area contributed by atoms with Gasteiger partial charge in [0.05, 0.1) is 0 Å². The number of hydrogen-bond donors (Lipinski definition) is 1. The zero-order chi connectivity index (χ0) is 14.0. The minimum atomic E-state index is 1.17. The van der Waals surface area contributed by atoms with Crippen molar-refractivity contribution in [3.05, 3.63) is 35.4 Å². The van der Waals surface area contributed by atoms with E-state index in [0.717, 1.165) is 0 Å². The van der Waals surface area contributed by atoms with Gasteiger partial charge in [-0.3, -0.25) is 0 Å². The van der Waals surface area contributed by atoms with Crippen LogP contribution < -0.4 is 5.32 Å². The molecule has 0 spiro atoms. The van der Waals surface area contributed by atoms with Gasteiger partial charge < -0.3 is 10.2 Å². The first-order valence-electron chi connectivity index (χ1n) is 8.40. The van der Waals surface area contributed by atoms with Crippen LogP contribution >= 0.6 is 0 Å². The summed E-state index contributed by atoms with van der Waals surface area (Å²) < 4.78 is 0. The highest BCUT2D eigenvalue weighted by atomic mass is 15.1. The molecule has 0 atom stereocenters. The highest BCUT2D eigenvalue weighted by Crippen LogP contribution is 2.15. The van der Waals surface area contributed by atoms with Crippen molar-refractivity contribution < 1.29 is 0 Å². The molecule has 0 aromatic heterocycles. The summed E-state index contributed by atoms with van der Waals surface area (Å²) in [6.45, 7) is 8.35. The van der Waals surface area contributed by atoms with Crippen molar-refractivity contribution in [2.45, 2.75) is 45.4 Å². The molecule has 1 aliphatic heterocycles. The summed E-state index contributed by atoms with van der Waals surface area (Å²) in [6, 6.07) is 8.96. The molecule has 112 valence electrons. The second-order valence-corrected chi connectivity index (χ2v) is 5.92. The minimum absolute atomic E-state index is 1.17. The average Bonchev–Trinajstić information content (AvgIpc) is 2.69. The summed E-state index contributed by atoms with van der Waals surface area (Å²) in [7, 11) is 0. The Hall–Kier alpha value is -0.860. The maximum absolute atomic E-state index is 3.48. The summed E-state index contributed by atoms with van der Waals surface area (Å²) in [5, 5.41) is 3.48. The fraction of sp³-hybridized carbons (Fsp3) is 0.667. The Balaban J connectivity index is 1.59. The number of nitrogens with zero attached hydrogens (tertiary/aromatic N) is 1. The van der Waals surface area contributed by atoms with Crippen LogP contribution in [0.4, 0.5) is 0 Å². The summed E-state index contributed by atoms with van der Waals surface area (Å²) in [6.07, 6.45) is 7.75. The molecule has 1 heterocycles. The van der Waals surface area contributed by atoms with E-state index in [9.17, 15) is 0 Å². The molecule has 0 radical (unpaired) electrons. The fourth-order valence-corrected chi connectivity index (χ4v) is 3.00. The van der Waals surface area contributed by atoms with Gasteiger partial charge in [-0.15, -0.1) is 0 Å². The minimum Gasteiger partial charge on any atom is -0.317 e. The summed E-state index contributed by atoms with van der Waals surface area (Å²) >= 11 is 0. The van der Waals surface area contributed by atoms with Gasteiger partial charge in [0.1, 0.15) is 0 Å². The fourth-order valence-electron chi connectivity index (χ4n) is 3.00. The van der Waals surface area contributed by atoms with Crippen LogP contribution in [0, 0.1) is 0 Å². The lowest BCUT2D eigenvalue weighted by Crippen LogP contribution is -2.27. The van der Waals surface area contributed by atoms with Gasteiger partial charge in [0.25, 0.3) is 0 Å². The van der Waals surface area contributed by atoms with Crippen LogP contribution in [-0.2, 0) is 12.8 Å². The maximum Gasteiger partial charge on any atom is 0.00221 e. The van der Waals surface area contributed by atoms with Crippen molar-refractivity contribution in [2.75, 3.05) is 32.7 Å². The zero-order valence-corrected chi connectivity index (χ0v) is 13.0. The van der Waals surface area contributed by atoms with Crippen molar-refractivity contribution in [1.82, 2.24) is 10.2 Å². The van der Waals surface area contributed by atoms with Crippen LogP contribution in [-0.4, -0.2) is 37.6 Å². The Bertz CT molecular complexity index is 348. The zero-order valence-electron chi connectivity index (χ0n) is 13.0. The van der Waals surface area contributed by atoms with Crippen LogP contribution in [0.15, 0.2) is 24.3 Å². The number of fused-ring (bicyclic) bond motifs is 1. The lowest BCUT2D eigenvalue weighted by atomic mass is 10.0. The highest BCUT2D eigenvalue weighted by molar-refractivity contribution is 5.28. The van der Waals surface area contributed by atoms with Gasteiger partial charge in [-0.2, -0.15) is 0 Å². The number of benzene rings is 1. The normalized spacial score (nSPS) is 15.8. The molecule has 1 aromatic rings. The molecular formula is C18H30N2. The topological polar surface area (TPSA) is 15.3 Å². The third kappa shape index (κ3) is 5.26. The monoisotopic (exact) mass is 274 g/mol. The molecular weight excluding hydrogens is 244 g/mol. The number of unbranched alkanes of at least 4 members (excludes halogenated alkanes) is 2. The lowest BCUT2D eigenvalue weighted by Gasteiger charge is -2.19. The van der Waals surface area contributed by atoms with E-state index in [4.69, 9.17) is 0 Å². The predicted molar refractivity (Wildman–Crippen MR) is 87.3 cm³/mol. The van der Waals surface area contributed by atoms with E-state index in [1.54, 1.807) is 11.1 Å². The quantitative estimate of drug-likeness (QED) is 0.732. The highest BCUT2D eigenvalue weighted by Gasteiger charge is 2.12. The summed E-state index contributed by atoms with van der Waals surface area (Å²) in [5.41, 5.74) is 3.14. The molecule has 0 unspecified atom stereocenters. The molecule has 0 saturated heterocycles. The summed E-state index contributed by atoms with van der Waals surface area (Å²) in [4.78, 5) is 2.65. The van der Waals surface area contributed by atoms with E-state index < -0.39 is 0 Å². The van der Waals surface area contributed by atoms with Gasteiger partial charge in [0.15, 0.2) is 0 Å². The van der Waals surface area contributed by atoms with Crippen molar-refractivity contribution in [3.63, 3.8) is 0 Å². The van der Waals surface area contributed by atoms with E-state index in [1.807, 2.05) is 0 Å². The predicted octanol–water partition coefficient (Wildman–Crippen LogP) is 3.26. The van der Waals surface area contributed by atoms with Gasteiger partial charge in [-0.1, -0.05) is 37.6 Å². The molecule has 2 rings (SSSR count). The van der Waals surface area contributed by atoms with Crippen LogP contribution in [0.1, 0.15) is 43.7 Å². The Morgan fingerprint density at radius 2 is 1.65 bits per heavy atom.